The second-order valence-electron chi connectivity index (χ2n) is 3.33. The molecule has 0 unspecified atom stereocenters. The first-order valence-corrected chi connectivity index (χ1v) is 4.64. The zero-order chi connectivity index (χ0) is 12.1. The van der Waals surface area contributed by atoms with Crippen molar-refractivity contribution in [1.82, 2.24) is 4.98 Å². The van der Waals surface area contributed by atoms with E-state index in [4.69, 9.17) is 5.11 Å². The van der Waals surface area contributed by atoms with Gasteiger partial charge in [0.2, 0.25) is 5.91 Å². The fraction of sp³-hybridized carbons (Fsp3) is 0.182. The molecule has 1 aromatic heterocycles. The van der Waals surface area contributed by atoms with Gasteiger partial charge in [-0.3, -0.25) is 4.79 Å². The highest BCUT2D eigenvalue weighted by molar-refractivity contribution is 6.01. The summed E-state index contributed by atoms with van der Waals surface area (Å²) in [5.41, 5.74) is 1.77. The number of hydrogen-bond donors (Lipinski definition) is 2. The van der Waals surface area contributed by atoms with Crippen molar-refractivity contribution >= 4 is 17.7 Å². The number of aromatic nitrogens is 1. The monoisotopic (exact) mass is 220 g/mol. The van der Waals surface area contributed by atoms with Crippen LogP contribution in [0.5, 0.6) is 0 Å². The predicted molar refractivity (Wildman–Crippen MR) is 59.1 cm³/mol. The number of carbonyl (C=O) groups excluding carboxylic acids is 1. The fourth-order valence-electron chi connectivity index (χ4n) is 1.22. The lowest BCUT2D eigenvalue weighted by atomic mass is 10.2. The van der Waals surface area contributed by atoms with Crippen molar-refractivity contribution in [3.05, 3.63) is 35.5 Å². The molecule has 0 fully saturated rings. The first-order chi connectivity index (χ1) is 7.47. The number of amides is 1. The highest BCUT2D eigenvalue weighted by Gasteiger charge is 2.01. The zero-order valence-corrected chi connectivity index (χ0v) is 9.02. The van der Waals surface area contributed by atoms with E-state index >= 15 is 0 Å². The molecule has 0 bridgehead atoms. The number of anilines is 1. The van der Waals surface area contributed by atoms with Crippen molar-refractivity contribution in [3.8, 4) is 0 Å². The van der Waals surface area contributed by atoms with Gasteiger partial charge < -0.3 is 10.4 Å². The van der Waals surface area contributed by atoms with E-state index in [1.807, 2.05) is 19.9 Å². The Morgan fingerprint density at radius 3 is 2.56 bits per heavy atom. The molecule has 5 nitrogen and oxygen atoms in total. The highest BCUT2D eigenvalue weighted by atomic mass is 16.4. The molecule has 0 aliphatic rings. The minimum absolute atomic E-state index is 0.414. The quantitative estimate of drug-likeness (QED) is 0.752. The normalized spacial score (nSPS) is 10.4. The maximum Gasteiger partial charge on any atom is 0.328 e. The summed E-state index contributed by atoms with van der Waals surface area (Å²) in [6.45, 7) is 3.70. The van der Waals surface area contributed by atoms with Crippen LogP contribution in [0.2, 0.25) is 0 Å². The van der Waals surface area contributed by atoms with Crippen LogP contribution >= 0.6 is 0 Å². The summed E-state index contributed by atoms with van der Waals surface area (Å²) in [4.78, 5) is 25.5. The van der Waals surface area contributed by atoms with Gasteiger partial charge in [-0.2, -0.15) is 0 Å². The van der Waals surface area contributed by atoms with Crippen molar-refractivity contribution in [2.24, 2.45) is 0 Å². The van der Waals surface area contributed by atoms with Crippen LogP contribution in [0.4, 0.5) is 5.82 Å². The summed E-state index contributed by atoms with van der Waals surface area (Å²) >= 11 is 0. The highest BCUT2D eigenvalue weighted by Crippen LogP contribution is 2.08. The first kappa shape index (κ1) is 11.9. The standard InChI is InChI=1S/C11H12N2O3/c1-7-5-8(2)12-9(6-7)13-10(14)3-4-11(15)16/h3-6H,1-2H3,(H,15,16)(H,12,13,14). The molecule has 84 valence electrons. The number of carboxylic acid groups (broad SMARTS) is 1. The Hall–Kier alpha value is -2.17. The number of rotatable bonds is 3. The van der Waals surface area contributed by atoms with Crippen molar-refractivity contribution in [1.29, 1.82) is 0 Å². The topological polar surface area (TPSA) is 79.3 Å². The average Bonchev–Trinajstić information content (AvgIpc) is 2.12. The van der Waals surface area contributed by atoms with Crippen LogP contribution < -0.4 is 5.32 Å². The van der Waals surface area contributed by atoms with Crippen LogP contribution in [0, 0.1) is 13.8 Å². The van der Waals surface area contributed by atoms with Gasteiger partial charge in [-0.25, -0.2) is 9.78 Å². The van der Waals surface area contributed by atoms with Gasteiger partial charge in [0, 0.05) is 17.8 Å². The molecule has 16 heavy (non-hydrogen) atoms. The van der Waals surface area contributed by atoms with Gasteiger partial charge in [0.15, 0.2) is 0 Å². The van der Waals surface area contributed by atoms with Crippen molar-refractivity contribution < 1.29 is 14.7 Å². The second-order valence-corrected chi connectivity index (χ2v) is 3.33. The number of hydrogen-bond acceptors (Lipinski definition) is 3. The lowest BCUT2D eigenvalue weighted by Gasteiger charge is -2.03. The van der Waals surface area contributed by atoms with E-state index in [0.29, 0.717) is 5.82 Å². The summed E-state index contributed by atoms with van der Waals surface area (Å²) in [5, 5.41) is 10.8. The van der Waals surface area contributed by atoms with Gasteiger partial charge in [-0.05, 0) is 31.5 Å². The van der Waals surface area contributed by atoms with E-state index in [1.165, 1.54) is 0 Å². The van der Waals surface area contributed by atoms with Crippen LogP contribution in [0.3, 0.4) is 0 Å². The number of nitrogens with one attached hydrogen (secondary N) is 1. The fourth-order valence-corrected chi connectivity index (χ4v) is 1.22. The number of carbonyl (C=O) groups is 2. The van der Waals surface area contributed by atoms with E-state index in [2.05, 4.69) is 10.3 Å². The molecule has 0 aliphatic carbocycles. The Morgan fingerprint density at radius 1 is 1.31 bits per heavy atom. The van der Waals surface area contributed by atoms with Crippen molar-refractivity contribution in [3.63, 3.8) is 0 Å². The van der Waals surface area contributed by atoms with Crippen LogP contribution in [0.25, 0.3) is 0 Å². The van der Waals surface area contributed by atoms with Gasteiger partial charge >= 0.3 is 5.97 Å². The molecule has 1 amide bonds. The molecule has 0 aliphatic heterocycles. The van der Waals surface area contributed by atoms with Gasteiger partial charge in [0.25, 0.3) is 0 Å². The third kappa shape index (κ3) is 3.91. The molecule has 0 saturated heterocycles. The van der Waals surface area contributed by atoms with Crippen molar-refractivity contribution in [2.75, 3.05) is 5.32 Å². The SMILES string of the molecule is Cc1cc(C)nc(NC(=O)C=CC(=O)O)c1. The summed E-state index contributed by atoms with van der Waals surface area (Å²) < 4.78 is 0. The van der Waals surface area contributed by atoms with E-state index in [9.17, 15) is 9.59 Å². The average molecular weight is 220 g/mol. The lowest BCUT2D eigenvalue weighted by molar-refractivity contribution is -0.131. The lowest BCUT2D eigenvalue weighted by Crippen LogP contribution is -2.10. The third-order valence-electron chi connectivity index (χ3n) is 1.73. The maximum absolute atomic E-state index is 11.2. The molecular formula is C11H12N2O3. The molecule has 0 saturated carbocycles. The van der Waals surface area contributed by atoms with Gasteiger partial charge in [0.05, 0.1) is 0 Å². The maximum atomic E-state index is 11.2. The Bertz CT molecular complexity index is 432. The minimum atomic E-state index is -1.16. The number of carboxylic acids is 1. The van der Waals surface area contributed by atoms with Crippen LogP contribution in [0.1, 0.15) is 11.3 Å². The smallest absolute Gasteiger partial charge is 0.328 e. The second kappa shape index (κ2) is 5.06. The van der Waals surface area contributed by atoms with E-state index < -0.39 is 11.9 Å². The van der Waals surface area contributed by atoms with Crippen LogP contribution in [-0.2, 0) is 9.59 Å². The molecular weight excluding hydrogens is 208 g/mol. The molecule has 0 atom stereocenters. The van der Waals surface area contributed by atoms with Gasteiger partial charge in [-0.1, -0.05) is 0 Å². The Kier molecular flexibility index (Phi) is 3.77. The largest absolute Gasteiger partial charge is 0.478 e. The Morgan fingerprint density at radius 2 is 2.00 bits per heavy atom. The van der Waals surface area contributed by atoms with E-state index in [1.54, 1.807) is 6.07 Å². The Labute approximate surface area is 92.8 Å². The summed E-state index contributed by atoms with van der Waals surface area (Å²) in [6, 6.07) is 3.59. The third-order valence-corrected chi connectivity index (χ3v) is 1.73. The van der Waals surface area contributed by atoms with Gasteiger partial charge in [0.1, 0.15) is 5.82 Å². The number of pyridine rings is 1. The minimum Gasteiger partial charge on any atom is -0.478 e. The van der Waals surface area contributed by atoms with E-state index in [0.717, 1.165) is 23.4 Å². The predicted octanol–water partition coefficient (Wildman–Crippen LogP) is 1.28. The number of aryl methyl sites for hydroxylation is 2. The van der Waals surface area contributed by atoms with E-state index in [-0.39, 0.29) is 0 Å². The molecule has 2 N–H and O–H groups in total. The van der Waals surface area contributed by atoms with Gasteiger partial charge in [-0.15, -0.1) is 0 Å². The molecule has 1 heterocycles. The molecule has 0 radical (unpaired) electrons. The van der Waals surface area contributed by atoms with Crippen molar-refractivity contribution in [2.45, 2.75) is 13.8 Å². The summed E-state index contributed by atoms with van der Waals surface area (Å²) in [5.74, 6) is -1.26. The molecule has 1 aromatic rings. The van der Waals surface area contributed by atoms with Crippen LogP contribution in [-0.4, -0.2) is 22.0 Å². The number of nitrogens with zero attached hydrogens (tertiary/aromatic N) is 1. The molecule has 0 aromatic carbocycles. The molecule has 0 spiro atoms. The Balaban J connectivity index is 2.73. The number of aliphatic carboxylic acids is 1. The summed E-state index contributed by atoms with van der Waals surface area (Å²) in [7, 11) is 0. The molecule has 5 heteroatoms. The van der Waals surface area contributed by atoms with Crippen LogP contribution in [0.15, 0.2) is 24.3 Å². The summed E-state index contributed by atoms with van der Waals surface area (Å²) in [6.07, 6.45) is 1.72. The zero-order valence-electron chi connectivity index (χ0n) is 9.02. The molecule has 1 rings (SSSR count). The first-order valence-electron chi connectivity index (χ1n) is 4.64.